The summed E-state index contributed by atoms with van der Waals surface area (Å²) in [6.45, 7) is 14.0. The second-order valence-electron chi connectivity index (χ2n) is 4.20. The van der Waals surface area contributed by atoms with Gasteiger partial charge in [-0.2, -0.15) is 0 Å². The number of benzene rings is 1. The summed E-state index contributed by atoms with van der Waals surface area (Å²) in [6, 6.07) is 4.21. The number of aryl methyl sites for hydroxylation is 2. The minimum atomic E-state index is 0.909. The van der Waals surface area contributed by atoms with Gasteiger partial charge in [0.1, 0.15) is 11.5 Å². The van der Waals surface area contributed by atoms with Crippen molar-refractivity contribution in [3.8, 4) is 5.75 Å². The first-order valence-electron chi connectivity index (χ1n) is 5.52. The maximum absolute atomic E-state index is 5.92. The smallest absolute Gasteiger partial charge is 0.132 e. The highest BCUT2D eigenvalue weighted by Crippen LogP contribution is 2.28. The Hall–Kier alpha value is -1.50. The van der Waals surface area contributed by atoms with Crippen molar-refractivity contribution in [2.45, 2.75) is 34.6 Å². The molecule has 1 aromatic rings. The first-order chi connectivity index (χ1) is 7.47. The SMILES string of the molecule is C=C/C(C)=C(\C)Oc1c(C)ccc(C)c1C. The monoisotopic (exact) mass is 216 g/mol. The van der Waals surface area contributed by atoms with Crippen LogP contribution in [-0.2, 0) is 0 Å². The van der Waals surface area contributed by atoms with Gasteiger partial charge in [-0.1, -0.05) is 24.8 Å². The lowest BCUT2D eigenvalue weighted by molar-refractivity contribution is 0.416. The molecule has 0 unspecified atom stereocenters. The van der Waals surface area contributed by atoms with Gasteiger partial charge in [-0.25, -0.2) is 0 Å². The zero-order chi connectivity index (χ0) is 12.3. The van der Waals surface area contributed by atoms with Crippen molar-refractivity contribution in [2.24, 2.45) is 0 Å². The Bertz CT molecular complexity index is 439. The van der Waals surface area contributed by atoms with Crippen molar-refractivity contribution in [3.05, 3.63) is 52.8 Å². The van der Waals surface area contributed by atoms with Gasteiger partial charge < -0.3 is 4.74 Å². The fourth-order valence-corrected chi connectivity index (χ4v) is 1.46. The van der Waals surface area contributed by atoms with E-state index in [0.717, 1.165) is 17.1 Å². The summed E-state index contributed by atoms with van der Waals surface area (Å²) < 4.78 is 5.92. The average molecular weight is 216 g/mol. The molecule has 0 amide bonds. The van der Waals surface area contributed by atoms with E-state index in [2.05, 4.69) is 39.5 Å². The number of ether oxygens (including phenoxy) is 1. The Balaban J connectivity index is 3.16. The van der Waals surface area contributed by atoms with Crippen LogP contribution in [0.4, 0.5) is 0 Å². The number of hydrogen-bond donors (Lipinski definition) is 0. The number of hydrogen-bond acceptors (Lipinski definition) is 1. The summed E-state index contributed by atoms with van der Waals surface area (Å²) in [7, 11) is 0. The van der Waals surface area contributed by atoms with Crippen LogP contribution in [0.15, 0.2) is 36.1 Å². The van der Waals surface area contributed by atoms with Gasteiger partial charge in [-0.15, -0.1) is 0 Å². The maximum Gasteiger partial charge on any atom is 0.132 e. The van der Waals surface area contributed by atoms with Gasteiger partial charge >= 0.3 is 0 Å². The highest BCUT2D eigenvalue weighted by atomic mass is 16.5. The van der Waals surface area contributed by atoms with Crippen molar-refractivity contribution in [1.29, 1.82) is 0 Å². The predicted octanol–water partition coefficient (Wildman–Crippen LogP) is 4.47. The Morgan fingerprint density at radius 3 is 2.25 bits per heavy atom. The topological polar surface area (TPSA) is 9.23 Å². The number of allylic oxidation sites excluding steroid dienone is 3. The summed E-state index contributed by atoms with van der Waals surface area (Å²) in [5.41, 5.74) is 4.69. The van der Waals surface area contributed by atoms with Crippen molar-refractivity contribution in [3.63, 3.8) is 0 Å². The molecule has 0 fully saturated rings. The molecule has 1 heteroatoms. The van der Waals surface area contributed by atoms with Gasteiger partial charge in [0.2, 0.25) is 0 Å². The molecule has 1 nitrogen and oxygen atoms in total. The van der Waals surface area contributed by atoms with E-state index in [1.165, 1.54) is 16.7 Å². The van der Waals surface area contributed by atoms with Crippen LogP contribution in [0.3, 0.4) is 0 Å². The standard InChI is InChI=1S/C15H20O/c1-7-10(2)14(6)16-15-12(4)9-8-11(3)13(15)5/h7-9H,1H2,2-6H3/b14-10+. The lowest BCUT2D eigenvalue weighted by Crippen LogP contribution is -1.99. The average Bonchev–Trinajstić information content (AvgIpc) is 2.28. The van der Waals surface area contributed by atoms with Gasteiger partial charge in [0.15, 0.2) is 0 Å². The van der Waals surface area contributed by atoms with Crippen molar-refractivity contribution in [1.82, 2.24) is 0 Å². The lowest BCUT2D eigenvalue weighted by Gasteiger charge is -2.14. The second kappa shape index (κ2) is 5.02. The second-order valence-corrected chi connectivity index (χ2v) is 4.20. The lowest BCUT2D eigenvalue weighted by atomic mass is 10.1. The Kier molecular flexibility index (Phi) is 3.94. The highest BCUT2D eigenvalue weighted by Gasteiger charge is 2.07. The Labute approximate surface area is 98.5 Å². The van der Waals surface area contributed by atoms with Gasteiger partial charge in [0.05, 0.1) is 0 Å². The predicted molar refractivity (Wildman–Crippen MR) is 69.9 cm³/mol. The molecular weight excluding hydrogens is 196 g/mol. The van der Waals surface area contributed by atoms with Crippen LogP contribution in [0.25, 0.3) is 0 Å². The Morgan fingerprint density at radius 2 is 1.69 bits per heavy atom. The molecule has 0 aliphatic rings. The van der Waals surface area contributed by atoms with Crippen LogP contribution in [0.2, 0.25) is 0 Å². The van der Waals surface area contributed by atoms with E-state index >= 15 is 0 Å². The summed E-state index contributed by atoms with van der Waals surface area (Å²) in [5, 5.41) is 0. The maximum atomic E-state index is 5.92. The summed E-state index contributed by atoms with van der Waals surface area (Å²) in [6.07, 6.45) is 1.82. The quantitative estimate of drug-likeness (QED) is 0.535. The molecule has 1 aromatic carbocycles. The third-order valence-electron chi connectivity index (χ3n) is 2.99. The molecule has 0 radical (unpaired) electrons. The van der Waals surface area contributed by atoms with Gasteiger partial charge in [-0.05, 0) is 56.9 Å². The molecule has 16 heavy (non-hydrogen) atoms. The molecule has 86 valence electrons. The van der Waals surface area contributed by atoms with Crippen LogP contribution < -0.4 is 4.74 Å². The molecule has 0 N–H and O–H groups in total. The molecule has 0 aromatic heterocycles. The van der Waals surface area contributed by atoms with Crippen LogP contribution in [-0.4, -0.2) is 0 Å². The summed E-state index contributed by atoms with van der Waals surface area (Å²) in [5.74, 6) is 1.88. The molecule has 0 saturated heterocycles. The van der Waals surface area contributed by atoms with E-state index in [1.807, 2.05) is 19.9 Å². The third kappa shape index (κ3) is 2.54. The van der Waals surface area contributed by atoms with Crippen LogP contribution in [0.5, 0.6) is 5.75 Å². The fourth-order valence-electron chi connectivity index (χ4n) is 1.46. The number of rotatable bonds is 3. The Morgan fingerprint density at radius 1 is 1.12 bits per heavy atom. The molecule has 0 aliphatic heterocycles. The van der Waals surface area contributed by atoms with E-state index in [1.54, 1.807) is 0 Å². The molecule has 0 spiro atoms. The zero-order valence-corrected chi connectivity index (χ0v) is 10.8. The van der Waals surface area contributed by atoms with Crippen LogP contribution >= 0.6 is 0 Å². The van der Waals surface area contributed by atoms with E-state index in [-0.39, 0.29) is 0 Å². The summed E-state index contributed by atoms with van der Waals surface area (Å²) in [4.78, 5) is 0. The molecule has 0 aliphatic carbocycles. The molecule has 0 atom stereocenters. The first-order valence-corrected chi connectivity index (χ1v) is 5.52. The van der Waals surface area contributed by atoms with E-state index in [9.17, 15) is 0 Å². The largest absolute Gasteiger partial charge is 0.461 e. The molecule has 1 rings (SSSR count). The molecular formula is C15H20O. The molecule has 0 saturated carbocycles. The minimum Gasteiger partial charge on any atom is -0.461 e. The summed E-state index contributed by atoms with van der Waals surface area (Å²) >= 11 is 0. The first kappa shape index (κ1) is 12.6. The van der Waals surface area contributed by atoms with Crippen molar-refractivity contribution >= 4 is 0 Å². The van der Waals surface area contributed by atoms with E-state index < -0.39 is 0 Å². The van der Waals surface area contributed by atoms with E-state index in [4.69, 9.17) is 4.74 Å². The molecule has 0 bridgehead atoms. The fraction of sp³-hybridized carbons (Fsp3) is 0.333. The highest BCUT2D eigenvalue weighted by molar-refractivity contribution is 5.45. The van der Waals surface area contributed by atoms with E-state index in [0.29, 0.717) is 0 Å². The molecule has 0 heterocycles. The minimum absolute atomic E-state index is 0.909. The van der Waals surface area contributed by atoms with Crippen molar-refractivity contribution < 1.29 is 4.74 Å². The van der Waals surface area contributed by atoms with Crippen molar-refractivity contribution in [2.75, 3.05) is 0 Å². The van der Waals surface area contributed by atoms with Gasteiger partial charge in [0, 0.05) is 0 Å². The zero-order valence-electron chi connectivity index (χ0n) is 10.8. The van der Waals surface area contributed by atoms with Crippen LogP contribution in [0.1, 0.15) is 30.5 Å². The van der Waals surface area contributed by atoms with Crippen LogP contribution in [0, 0.1) is 20.8 Å². The normalized spacial score (nSPS) is 12.1. The third-order valence-corrected chi connectivity index (χ3v) is 2.99. The van der Waals surface area contributed by atoms with Gasteiger partial charge in [-0.3, -0.25) is 0 Å². The van der Waals surface area contributed by atoms with Gasteiger partial charge in [0.25, 0.3) is 0 Å².